The summed E-state index contributed by atoms with van der Waals surface area (Å²) in [6.45, 7) is 4.49. The zero-order chi connectivity index (χ0) is 12.5. The van der Waals surface area contributed by atoms with E-state index < -0.39 is 0 Å². The Morgan fingerprint density at radius 3 is 2.39 bits per heavy atom. The molecule has 0 saturated heterocycles. The highest BCUT2D eigenvalue weighted by Crippen LogP contribution is 2.31. The zero-order valence-corrected chi connectivity index (χ0v) is 10.8. The molecule has 3 aromatic rings. The van der Waals surface area contributed by atoms with Gasteiger partial charge in [0.1, 0.15) is 0 Å². The monoisotopic (exact) mass is 235 g/mol. The normalized spacial score (nSPS) is 11.3. The molecule has 1 aromatic heterocycles. The predicted molar refractivity (Wildman–Crippen MR) is 77.8 cm³/mol. The molecule has 0 aliphatic carbocycles. The maximum atomic E-state index is 3.32. The highest BCUT2D eigenvalue weighted by molar-refractivity contribution is 5.88. The molecule has 1 heteroatoms. The van der Waals surface area contributed by atoms with E-state index in [4.69, 9.17) is 0 Å². The SMILES string of the molecule is CC(C)c1cc(-c2ccccc2)cc2[nH]ccc12. The highest BCUT2D eigenvalue weighted by atomic mass is 14.7. The largest absolute Gasteiger partial charge is 0.361 e. The van der Waals surface area contributed by atoms with E-state index in [0.717, 1.165) is 0 Å². The second kappa shape index (κ2) is 4.34. The standard InChI is InChI=1S/C17H17N/c1-12(2)16-10-14(13-6-4-3-5-7-13)11-17-15(16)8-9-18-17/h3-12,18H,1-2H3. The molecule has 18 heavy (non-hydrogen) atoms. The first-order chi connectivity index (χ1) is 8.75. The van der Waals surface area contributed by atoms with Crippen LogP contribution in [0.15, 0.2) is 54.7 Å². The van der Waals surface area contributed by atoms with Crippen molar-refractivity contribution in [1.29, 1.82) is 0 Å². The summed E-state index contributed by atoms with van der Waals surface area (Å²) < 4.78 is 0. The Labute approximate surface area is 107 Å². The molecule has 1 nitrogen and oxygen atoms in total. The van der Waals surface area contributed by atoms with Gasteiger partial charge in [0.25, 0.3) is 0 Å². The fourth-order valence-corrected chi connectivity index (χ4v) is 2.47. The Bertz CT molecular complexity index is 662. The van der Waals surface area contributed by atoms with Gasteiger partial charge in [0.05, 0.1) is 0 Å². The van der Waals surface area contributed by atoms with Gasteiger partial charge in [-0.15, -0.1) is 0 Å². The van der Waals surface area contributed by atoms with E-state index in [1.807, 2.05) is 6.20 Å². The van der Waals surface area contributed by atoms with Gasteiger partial charge < -0.3 is 4.98 Å². The van der Waals surface area contributed by atoms with E-state index in [2.05, 4.69) is 67.4 Å². The summed E-state index contributed by atoms with van der Waals surface area (Å²) in [5.74, 6) is 0.534. The molecule has 0 spiro atoms. The first-order valence-electron chi connectivity index (χ1n) is 6.42. The third kappa shape index (κ3) is 1.82. The van der Waals surface area contributed by atoms with Crippen LogP contribution < -0.4 is 0 Å². The lowest BCUT2D eigenvalue weighted by atomic mass is 9.94. The first-order valence-corrected chi connectivity index (χ1v) is 6.42. The van der Waals surface area contributed by atoms with Gasteiger partial charge in [-0.3, -0.25) is 0 Å². The highest BCUT2D eigenvalue weighted by Gasteiger charge is 2.09. The summed E-state index contributed by atoms with van der Waals surface area (Å²) in [6.07, 6.45) is 2.02. The number of aromatic amines is 1. The van der Waals surface area contributed by atoms with Gasteiger partial charge in [-0.25, -0.2) is 0 Å². The van der Waals surface area contributed by atoms with Crippen LogP contribution in [0.25, 0.3) is 22.0 Å². The minimum atomic E-state index is 0.534. The van der Waals surface area contributed by atoms with Crippen molar-refractivity contribution in [3.05, 3.63) is 60.3 Å². The third-order valence-electron chi connectivity index (χ3n) is 3.43. The van der Waals surface area contributed by atoms with Crippen molar-refractivity contribution in [2.45, 2.75) is 19.8 Å². The molecular formula is C17H17N. The van der Waals surface area contributed by atoms with Crippen molar-refractivity contribution in [2.75, 3.05) is 0 Å². The molecule has 3 rings (SSSR count). The second-order valence-electron chi connectivity index (χ2n) is 5.03. The topological polar surface area (TPSA) is 15.8 Å². The van der Waals surface area contributed by atoms with Gasteiger partial charge in [0, 0.05) is 17.1 Å². The van der Waals surface area contributed by atoms with Crippen LogP contribution in [0, 0.1) is 0 Å². The lowest BCUT2D eigenvalue weighted by Gasteiger charge is -2.11. The third-order valence-corrected chi connectivity index (χ3v) is 3.43. The van der Waals surface area contributed by atoms with E-state index in [1.54, 1.807) is 0 Å². The van der Waals surface area contributed by atoms with Crippen LogP contribution in [-0.2, 0) is 0 Å². The molecule has 0 radical (unpaired) electrons. The number of hydrogen-bond acceptors (Lipinski definition) is 0. The minimum Gasteiger partial charge on any atom is -0.361 e. The number of benzene rings is 2. The maximum Gasteiger partial charge on any atom is 0.0463 e. The van der Waals surface area contributed by atoms with Crippen molar-refractivity contribution >= 4 is 10.9 Å². The van der Waals surface area contributed by atoms with Crippen molar-refractivity contribution in [3.63, 3.8) is 0 Å². The van der Waals surface area contributed by atoms with E-state index in [9.17, 15) is 0 Å². The maximum absolute atomic E-state index is 3.32. The number of H-pyrrole nitrogens is 1. The Morgan fingerprint density at radius 1 is 0.889 bits per heavy atom. The van der Waals surface area contributed by atoms with Crippen molar-refractivity contribution in [3.8, 4) is 11.1 Å². The van der Waals surface area contributed by atoms with Crippen LogP contribution in [-0.4, -0.2) is 4.98 Å². The summed E-state index contributed by atoms with van der Waals surface area (Å²) in [5.41, 5.74) is 5.19. The molecule has 0 bridgehead atoms. The lowest BCUT2D eigenvalue weighted by Crippen LogP contribution is -1.90. The van der Waals surface area contributed by atoms with Crippen LogP contribution in [0.1, 0.15) is 25.3 Å². The van der Waals surface area contributed by atoms with E-state index >= 15 is 0 Å². The summed E-state index contributed by atoms with van der Waals surface area (Å²) in [6, 6.07) is 17.3. The molecule has 1 heterocycles. The molecule has 0 atom stereocenters. The molecule has 90 valence electrons. The number of nitrogens with one attached hydrogen (secondary N) is 1. The van der Waals surface area contributed by atoms with Gasteiger partial charge in [0.15, 0.2) is 0 Å². The minimum absolute atomic E-state index is 0.534. The van der Waals surface area contributed by atoms with Crippen molar-refractivity contribution < 1.29 is 0 Å². The van der Waals surface area contributed by atoms with Gasteiger partial charge >= 0.3 is 0 Å². The van der Waals surface area contributed by atoms with E-state index in [1.165, 1.54) is 27.6 Å². The molecule has 0 unspecified atom stereocenters. The van der Waals surface area contributed by atoms with Gasteiger partial charge in [-0.2, -0.15) is 0 Å². The fourth-order valence-electron chi connectivity index (χ4n) is 2.47. The van der Waals surface area contributed by atoms with Crippen molar-refractivity contribution in [1.82, 2.24) is 4.98 Å². The molecule has 0 saturated carbocycles. The zero-order valence-electron chi connectivity index (χ0n) is 10.8. The van der Waals surface area contributed by atoms with Crippen LogP contribution in [0.4, 0.5) is 0 Å². The van der Waals surface area contributed by atoms with Crippen molar-refractivity contribution in [2.24, 2.45) is 0 Å². The van der Waals surface area contributed by atoms with Crippen LogP contribution >= 0.6 is 0 Å². The Balaban J connectivity index is 2.25. The smallest absolute Gasteiger partial charge is 0.0463 e. The predicted octanol–water partition coefficient (Wildman–Crippen LogP) is 4.96. The molecule has 0 aliphatic rings. The Hall–Kier alpha value is -2.02. The summed E-state index contributed by atoms with van der Waals surface area (Å²) in [4.78, 5) is 3.32. The molecule has 0 amide bonds. The summed E-state index contributed by atoms with van der Waals surface area (Å²) >= 11 is 0. The Morgan fingerprint density at radius 2 is 1.67 bits per heavy atom. The molecule has 1 N–H and O–H groups in total. The summed E-state index contributed by atoms with van der Waals surface area (Å²) in [7, 11) is 0. The molecule has 0 aliphatic heterocycles. The van der Waals surface area contributed by atoms with E-state index in [-0.39, 0.29) is 0 Å². The number of aromatic nitrogens is 1. The van der Waals surface area contributed by atoms with E-state index in [0.29, 0.717) is 5.92 Å². The first kappa shape index (κ1) is 11.1. The lowest BCUT2D eigenvalue weighted by molar-refractivity contribution is 0.877. The summed E-state index contributed by atoms with van der Waals surface area (Å²) in [5, 5.41) is 1.34. The van der Waals surface area contributed by atoms with Crippen LogP contribution in [0.3, 0.4) is 0 Å². The van der Waals surface area contributed by atoms with Gasteiger partial charge in [-0.05, 0) is 34.7 Å². The second-order valence-corrected chi connectivity index (χ2v) is 5.03. The number of hydrogen-bond donors (Lipinski definition) is 1. The average molecular weight is 235 g/mol. The fraction of sp³-hybridized carbons (Fsp3) is 0.176. The number of fused-ring (bicyclic) bond motifs is 1. The van der Waals surface area contributed by atoms with Gasteiger partial charge in [0.2, 0.25) is 0 Å². The van der Waals surface area contributed by atoms with Crippen LogP contribution in [0.2, 0.25) is 0 Å². The number of rotatable bonds is 2. The average Bonchev–Trinajstić information content (AvgIpc) is 2.86. The molecule has 0 fully saturated rings. The van der Waals surface area contributed by atoms with Gasteiger partial charge in [-0.1, -0.05) is 50.2 Å². The molecular weight excluding hydrogens is 218 g/mol. The molecule has 2 aromatic carbocycles. The quantitative estimate of drug-likeness (QED) is 0.646. The Kier molecular flexibility index (Phi) is 2.67. The van der Waals surface area contributed by atoms with Crippen LogP contribution in [0.5, 0.6) is 0 Å².